The van der Waals surface area contributed by atoms with Gasteiger partial charge in [0.05, 0.1) is 6.04 Å². The second-order valence-corrected chi connectivity index (χ2v) is 5.89. The maximum absolute atomic E-state index is 12.0. The minimum atomic E-state index is -0.139. The summed E-state index contributed by atoms with van der Waals surface area (Å²) in [5, 5.41) is 10.2. The van der Waals surface area contributed by atoms with Gasteiger partial charge in [0.1, 0.15) is 5.69 Å². The molecule has 0 aliphatic carbocycles. The molecule has 0 radical (unpaired) electrons. The van der Waals surface area contributed by atoms with Crippen LogP contribution < -0.4 is 5.32 Å². The van der Waals surface area contributed by atoms with Crippen LogP contribution in [0.2, 0.25) is 5.02 Å². The Hall–Kier alpha value is -1.46. The van der Waals surface area contributed by atoms with Crippen molar-refractivity contribution in [2.24, 2.45) is 0 Å². The maximum atomic E-state index is 12.0. The molecule has 4 nitrogen and oxygen atoms in total. The first-order valence-corrected chi connectivity index (χ1v) is 7.33. The lowest BCUT2D eigenvalue weighted by atomic mass is 10.0. The van der Waals surface area contributed by atoms with E-state index in [9.17, 15) is 4.79 Å². The third-order valence-corrected chi connectivity index (χ3v) is 4.42. The van der Waals surface area contributed by atoms with Gasteiger partial charge < -0.3 is 5.32 Å². The molecule has 6 heteroatoms. The summed E-state index contributed by atoms with van der Waals surface area (Å²) >= 11 is 7.84. The van der Waals surface area contributed by atoms with E-state index in [4.69, 9.17) is 11.6 Å². The van der Waals surface area contributed by atoms with Crippen molar-refractivity contribution in [1.29, 1.82) is 0 Å². The Morgan fingerprint density at radius 2 is 2.37 bits per heavy atom. The van der Waals surface area contributed by atoms with Crippen molar-refractivity contribution in [3.05, 3.63) is 46.7 Å². The second kappa shape index (κ2) is 5.27. The van der Waals surface area contributed by atoms with Crippen molar-refractivity contribution in [2.45, 2.75) is 17.4 Å². The molecule has 0 fully saturated rings. The fourth-order valence-corrected chi connectivity index (χ4v) is 3.42. The number of amides is 1. The normalized spacial score (nSPS) is 17.8. The number of halogens is 1. The lowest BCUT2D eigenvalue weighted by Crippen LogP contribution is -2.30. The number of thioether (sulfide) groups is 1. The predicted molar refractivity (Wildman–Crippen MR) is 75.6 cm³/mol. The number of hydrogen-bond acceptors (Lipinski definition) is 3. The van der Waals surface area contributed by atoms with Crippen molar-refractivity contribution >= 4 is 29.3 Å². The summed E-state index contributed by atoms with van der Waals surface area (Å²) in [6.45, 7) is 0. The van der Waals surface area contributed by atoms with Gasteiger partial charge in [-0.1, -0.05) is 11.6 Å². The molecule has 0 saturated carbocycles. The van der Waals surface area contributed by atoms with Gasteiger partial charge in [0.2, 0.25) is 0 Å². The molecule has 1 amide bonds. The Kier molecular flexibility index (Phi) is 3.48. The fourth-order valence-electron chi connectivity index (χ4n) is 2.13. The topological polar surface area (TPSA) is 57.8 Å². The third-order valence-electron chi connectivity index (χ3n) is 3.06. The minimum Gasteiger partial charge on any atom is -0.344 e. The summed E-state index contributed by atoms with van der Waals surface area (Å²) in [5.74, 6) is 0.850. The molecule has 19 heavy (non-hydrogen) atoms. The lowest BCUT2D eigenvalue weighted by molar-refractivity contribution is 0.0930. The third kappa shape index (κ3) is 2.62. The van der Waals surface area contributed by atoms with Crippen LogP contribution in [0.5, 0.6) is 0 Å². The number of fused-ring (bicyclic) bond motifs is 1. The number of H-pyrrole nitrogens is 1. The highest BCUT2D eigenvalue weighted by atomic mass is 35.5. The number of hydrogen-bond donors (Lipinski definition) is 2. The Morgan fingerprint density at radius 1 is 1.47 bits per heavy atom. The molecule has 2 N–H and O–H groups in total. The number of aromatic nitrogens is 2. The number of carbonyl (C=O) groups is 1. The van der Waals surface area contributed by atoms with Gasteiger partial charge >= 0.3 is 0 Å². The lowest BCUT2D eigenvalue weighted by Gasteiger charge is -2.25. The molecule has 1 aliphatic rings. The predicted octanol–water partition coefficient (Wildman–Crippen LogP) is 3.03. The van der Waals surface area contributed by atoms with Crippen LogP contribution in [-0.4, -0.2) is 21.9 Å². The van der Waals surface area contributed by atoms with Crippen LogP contribution in [0.25, 0.3) is 0 Å². The average molecular weight is 294 g/mol. The van der Waals surface area contributed by atoms with Crippen LogP contribution in [0, 0.1) is 0 Å². The molecule has 2 heterocycles. The van der Waals surface area contributed by atoms with Gasteiger partial charge in [-0.15, -0.1) is 11.8 Å². The first kappa shape index (κ1) is 12.6. The first-order valence-electron chi connectivity index (χ1n) is 5.96. The van der Waals surface area contributed by atoms with Crippen molar-refractivity contribution in [2.75, 3.05) is 5.75 Å². The quantitative estimate of drug-likeness (QED) is 0.895. The zero-order chi connectivity index (χ0) is 13.2. The Labute approximate surface area is 119 Å². The fraction of sp³-hybridized carbons (Fsp3) is 0.231. The molecule has 0 bridgehead atoms. The zero-order valence-electron chi connectivity index (χ0n) is 10.0. The monoisotopic (exact) mass is 293 g/mol. The standard InChI is InChI=1S/C13H12ClN3OS/c14-8-1-2-12-9(7-8)10(4-6-19-12)16-13(18)11-3-5-15-17-11/h1-3,5,7,10H,4,6H2,(H,15,17)(H,16,18)/t10-/m1/s1. The number of carbonyl (C=O) groups excluding carboxylic acids is 1. The summed E-state index contributed by atoms with van der Waals surface area (Å²) in [4.78, 5) is 13.2. The molecule has 2 aromatic rings. The van der Waals surface area contributed by atoms with E-state index < -0.39 is 0 Å². The Balaban J connectivity index is 1.84. The number of nitrogens with one attached hydrogen (secondary N) is 2. The molecule has 0 spiro atoms. The van der Waals surface area contributed by atoms with E-state index in [2.05, 4.69) is 15.5 Å². The van der Waals surface area contributed by atoms with E-state index in [1.807, 2.05) is 18.2 Å². The van der Waals surface area contributed by atoms with Gasteiger partial charge in [0.15, 0.2) is 0 Å². The van der Waals surface area contributed by atoms with Crippen molar-refractivity contribution < 1.29 is 4.79 Å². The van der Waals surface area contributed by atoms with Crippen LogP contribution >= 0.6 is 23.4 Å². The van der Waals surface area contributed by atoms with Gasteiger partial charge in [-0.3, -0.25) is 9.89 Å². The van der Waals surface area contributed by atoms with Gasteiger partial charge in [-0.2, -0.15) is 5.10 Å². The highest BCUT2D eigenvalue weighted by molar-refractivity contribution is 7.99. The highest BCUT2D eigenvalue weighted by Crippen LogP contribution is 2.37. The van der Waals surface area contributed by atoms with E-state index in [1.165, 1.54) is 4.90 Å². The second-order valence-electron chi connectivity index (χ2n) is 4.32. The Morgan fingerprint density at radius 3 is 3.16 bits per heavy atom. The molecule has 0 saturated heterocycles. The van der Waals surface area contributed by atoms with E-state index in [-0.39, 0.29) is 11.9 Å². The molecule has 1 aromatic carbocycles. The van der Waals surface area contributed by atoms with Crippen LogP contribution in [-0.2, 0) is 0 Å². The number of rotatable bonds is 2. The minimum absolute atomic E-state index is 0.00532. The number of nitrogens with zero attached hydrogens (tertiary/aromatic N) is 1. The largest absolute Gasteiger partial charge is 0.344 e. The van der Waals surface area contributed by atoms with Gasteiger partial charge in [0, 0.05) is 21.9 Å². The molecule has 1 aromatic heterocycles. The van der Waals surface area contributed by atoms with Gasteiger partial charge in [0.25, 0.3) is 5.91 Å². The molecule has 1 atom stereocenters. The molecule has 1 aliphatic heterocycles. The summed E-state index contributed by atoms with van der Waals surface area (Å²) < 4.78 is 0. The van der Waals surface area contributed by atoms with Crippen molar-refractivity contribution in [3.63, 3.8) is 0 Å². The summed E-state index contributed by atoms with van der Waals surface area (Å²) in [6.07, 6.45) is 2.47. The molecular weight excluding hydrogens is 282 g/mol. The molecular formula is C13H12ClN3OS. The zero-order valence-corrected chi connectivity index (χ0v) is 11.6. The van der Waals surface area contributed by atoms with E-state index >= 15 is 0 Å². The highest BCUT2D eigenvalue weighted by Gasteiger charge is 2.23. The summed E-state index contributed by atoms with van der Waals surface area (Å²) in [6, 6.07) is 7.49. The first-order chi connectivity index (χ1) is 9.24. The molecule has 98 valence electrons. The van der Waals surface area contributed by atoms with E-state index in [0.29, 0.717) is 10.7 Å². The van der Waals surface area contributed by atoms with Crippen molar-refractivity contribution in [3.8, 4) is 0 Å². The number of aromatic amines is 1. The summed E-state index contributed by atoms with van der Waals surface area (Å²) in [7, 11) is 0. The molecule has 3 rings (SSSR count). The van der Waals surface area contributed by atoms with Crippen LogP contribution in [0.4, 0.5) is 0 Å². The average Bonchev–Trinajstić information content (AvgIpc) is 2.93. The molecule has 0 unspecified atom stereocenters. The number of benzene rings is 1. The Bertz CT molecular complexity index is 600. The van der Waals surface area contributed by atoms with Gasteiger partial charge in [-0.05, 0) is 36.2 Å². The van der Waals surface area contributed by atoms with E-state index in [0.717, 1.165) is 17.7 Å². The van der Waals surface area contributed by atoms with E-state index in [1.54, 1.807) is 24.0 Å². The van der Waals surface area contributed by atoms with Crippen LogP contribution in [0.15, 0.2) is 35.4 Å². The SMILES string of the molecule is O=C(N[C@@H]1CCSc2ccc(Cl)cc21)c1ccn[nH]1. The smallest absolute Gasteiger partial charge is 0.269 e. The van der Waals surface area contributed by atoms with Crippen LogP contribution in [0.1, 0.15) is 28.5 Å². The van der Waals surface area contributed by atoms with Gasteiger partial charge in [-0.25, -0.2) is 0 Å². The van der Waals surface area contributed by atoms with Crippen LogP contribution in [0.3, 0.4) is 0 Å². The van der Waals surface area contributed by atoms with Crippen molar-refractivity contribution in [1.82, 2.24) is 15.5 Å². The summed E-state index contributed by atoms with van der Waals surface area (Å²) in [5.41, 5.74) is 1.57. The maximum Gasteiger partial charge on any atom is 0.269 e.